The maximum absolute atomic E-state index is 12.4. The van der Waals surface area contributed by atoms with Crippen LogP contribution >= 0.6 is 0 Å². The highest BCUT2D eigenvalue weighted by molar-refractivity contribution is 5.89. The average Bonchev–Trinajstić information content (AvgIpc) is 3.10. The fraction of sp³-hybridized carbons (Fsp3) is 0.375. The summed E-state index contributed by atoms with van der Waals surface area (Å²) in [5.41, 5.74) is 4.33. The molecule has 1 aliphatic rings. The van der Waals surface area contributed by atoms with Crippen molar-refractivity contribution in [2.45, 2.75) is 37.8 Å². The second-order valence-corrected chi connectivity index (χ2v) is 7.75. The molecule has 2 unspecified atom stereocenters. The molecule has 32 heavy (non-hydrogen) atoms. The molecule has 0 spiro atoms. The topological polar surface area (TPSA) is 114 Å². The highest BCUT2D eigenvalue weighted by atomic mass is 16.5. The molecule has 8 nitrogen and oxygen atoms in total. The largest absolute Gasteiger partial charge is 0.481 e. The third-order valence-corrected chi connectivity index (χ3v) is 5.58. The molecular formula is C24H28N2O6. The van der Waals surface area contributed by atoms with E-state index < -0.39 is 30.4 Å². The van der Waals surface area contributed by atoms with E-state index >= 15 is 0 Å². The van der Waals surface area contributed by atoms with Gasteiger partial charge in [0, 0.05) is 19.6 Å². The number of methoxy groups -OCH3 is 1. The van der Waals surface area contributed by atoms with Crippen LogP contribution in [0, 0.1) is 0 Å². The van der Waals surface area contributed by atoms with Crippen LogP contribution in [0.2, 0.25) is 0 Å². The predicted molar refractivity (Wildman–Crippen MR) is 118 cm³/mol. The zero-order chi connectivity index (χ0) is 23.1. The molecule has 8 heteroatoms. The van der Waals surface area contributed by atoms with Crippen molar-refractivity contribution in [1.82, 2.24) is 10.6 Å². The zero-order valence-corrected chi connectivity index (χ0v) is 18.2. The number of rotatable bonds is 10. The Labute approximate surface area is 186 Å². The van der Waals surface area contributed by atoms with Crippen LogP contribution in [0.4, 0.5) is 4.79 Å². The van der Waals surface area contributed by atoms with Gasteiger partial charge in [0.15, 0.2) is 0 Å². The number of carboxylic acids is 1. The number of nitrogens with one attached hydrogen (secondary N) is 2. The van der Waals surface area contributed by atoms with E-state index in [1.807, 2.05) is 55.5 Å². The van der Waals surface area contributed by atoms with E-state index in [9.17, 15) is 14.4 Å². The number of fused-ring (bicyclic) bond motifs is 3. The van der Waals surface area contributed by atoms with E-state index in [0.717, 1.165) is 22.3 Å². The number of carbonyl (C=O) groups excluding carboxylic acids is 2. The van der Waals surface area contributed by atoms with Crippen molar-refractivity contribution < 1.29 is 29.0 Å². The van der Waals surface area contributed by atoms with E-state index in [4.69, 9.17) is 14.6 Å². The molecule has 2 aromatic carbocycles. The van der Waals surface area contributed by atoms with Gasteiger partial charge in [-0.15, -0.1) is 0 Å². The van der Waals surface area contributed by atoms with Crippen molar-refractivity contribution in [3.05, 3.63) is 59.7 Å². The van der Waals surface area contributed by atoms with Gasteiger partial charge in [-0.05, 0) is 35.6 Å². The fourth-order valence-electron chi connectivity index (χ4n) is 3.81. The summed E-state index contributed by atoms with van der Waals surface area (Å²) in [4.78, 5) is 36.0. The van der Waals surface area contributed by atoms with Gasteiger partial charge in [0.2, 0.25) is 5.91 Å². The van der Waals surface area contributed by atoms with Crippen molar-refractivity contribution in [3.63, 3.8) is 0 Å². The Morgan fingerprint density at radius 1 is 1.03 bits per heavy atom. The molecule has 0 aromatic heterocycles. The Morgan fingerprint density at radius 2 is 1.62 bits per heavy atom. The summed E-state index contributed by atoms with van der Waals surface area (Å²) in [6, 6.07) is 14.7. The normalized spacial score (nSPS) is 14.1. The first-order valence-corrected chi connectivity index (χ1v) is 10.5. The smallest absolute Gasteiger partial charge is 0.407 e. The number of aliphatic carboxylic acids is 1. The lowest BCUT2D eigenvalue weighted by Gasteiger charge is -2.19. The van der Waals surface area contributed by atoms with Crippen LogP contribution in [-0.4, -0.2) is 55.5 Å². The van der Waals surface area contributed by atoms with Crippen molar-refractivity contribution in [2.75, 3.05) is 20.3 Å². The van der Waals surface area contributed by atoms with Crippen LogP contribution in [0.15, 0.2) is 48.5 Å². The zero-order valence-electron chi connectivity index (χ0n) is 18.2. The first-order valence-electron chi connectivity index (χ1n) is 10.5. The Balaban J connectivity index is 1.60. The first-order chi connectivity index (χ1) is 15.4. The Hall–Kier alpha value is -3.39. The lowest BCUT2D eigenvalue weighted by molar-refractivity contribution is -0.139. The van der Waals surface area contributed by atoms with Gasteiger partial charge in [-0.1, -0.05) is 48.5 Å². The van der Waals surface area contributed by atoms with Crippen LogP contribution in [0.25, 0.3) is 11.1 Å². The van der Waals surface area contributed by atoms with E-state index in [2.05, 4.69) is 10.6 Å². The number of ether oxygens (including phenoxy) is 2. The minimum absolute atomic E-state index is 0.0525. The average molecular weight is 440 g/mol. The molecule has 170 valence electrons. The van der Waals surface area contributed by atoms with Crippen molar-refractivity contribution in [1.29, 1.82) is 0 Å². The Kier molecular flexibility index (Phi) is 7.83. The van der Waals surface area contributed by atoms with Gasteiger partial charge in [-0.3, -0.25) is 9.59 Å². The lowest BCUT2D eigenvalue weighted by Crippen LogP contribution is -2.48. The van der Waals surface area contributed by atoms with Crippen LogP contribution < -0.4 is 10.6 Å². The highest BCUT2D eigenvalue weighted by Crippen LogP contribution is 2.44. The molecule has 0 heterocycles. The van der Waals surface area contributed by atoms with Gasteiger partial charge < -0.3 is 25.2 Å². The van der Waals surface area contributed by atoms with Crippen molar-refractivity contribution >= 4 is 18.0 Å². The van der Waals surface area contributed by atoms with Crippen LogP contribution in [-0.2, 0) is 19.1 Å². The molecule has 0 bridgehead atoms. The lowest BCUT2D eigenvalue weighted by atomic mass is 9.98. The van der Waals surface area contributed by atoms with E-state index in [0.29, 0.717) is 13.0 Å². The van der Waals surface area contributed by atoms with Crippen LogP contribution in [0.5, 0.6) is 0 Å². The molecule has 3 N–H and O–H groups in total. The summed E-state index contributed by atoms with van der Waals surface area (Å²) in [5.74, 6) is -1.91. The van der Waals surface area contributed by atoms with Gasteiger partial charge in [-0.25, -0.2) is 4.79 Å². The monoisotopic (exact) mass is 440 g/mol. The molecule has 2 amide bonds. The molecule has 2 aromatic rings. The molecule has 3 rings (SSSR count). The molecule has 0 fully saturated rings. The minimum Gasteiger partial charge on any atom is -0.481 e. The minimum atomic E-state index is -1.24. The van der Waals surface area contributed by atoms with Crippen LogP contribution in [0.3, 0.4) is 0 Å². The third kappa shape index (κ3) is 5.64. The molecular weight excluding hydrogens is 412 g/mol. The predicted octanol–water partition coefficient (Wildman–Crippen LogP) is 2.91. The molecule has 0 saturated heterocycles. The van der Waals surface area contributed by atoms with Gasteiger partial charge in [0.05, 0.1) is 12.5 Å². The van der Waals surface area contributed by atoms with Gasteiger partial charge >= 0.3 is 12.1 Å². The Morgan fingerprint density at radius 3 is 2.19 bits per heavy atom. The summed E-state index contributed by atoms with van der Waals surface area (Å²) in [6.45, 7) is 2.23. The second-order valence-electron chi connectivity index (χ2n) is 7.75. The number of carbonyl (C=O) groups is 3. The Bertz CT molecular complexity index is 931. The fourth-order valence-corrected chi connectivity index (χ4v) is 3.81. The van der Waals surface area contributed by atoms with Gasteiger partial charge in [0.25, 0.3) is 0 Å². The quantitative estimate of drug-likeness (QED) is 0.524. The van der Waals surface area contributed by atoms with Crippen molar-refractivity contribution in [3.8, 4) is 11.1 Å². The molecule has 0 radical (unpaired) electrons. The summed E-state index contributed by atoms with van der Waals surface area (Å²) >= 11 is 0. The second kappa shape index (κ2) is 10.8. The molecule has 0 aliphatic heterocycles. The third-order valence-electron chi connectivity index (χ3n) is 5.58. The maximum atomic E-state index is 12.4. The van der Waals surface area contributed by atoms with E-state index in [-0.39, 0.29) is 18.6 Å². The highest BCUT2D eigenvalue weighted by Gasteiger charge is 2.30. The molecule has 2 atom stereocenters. The number of alkyl carbamates (subject to hydrolysis) is 1. The summed E-state index contributed by atoms with van der Waals surface area (Å²) in [7, 11) is 1.57. The number of hydrogen-bond donors (Lipinski definition) is 3. The number of amides is 2. The molecule has 1 aliphatic carbocycles. The van der Waals surface area contributed by atoms with Gasteiger partial charge in [0.1, 0.15) is 12.6 Å². The number of benzene rings is 2. The van der Waals surface area contributed by atoms with E-state index in [1.165, 1.54) is 0 Å². The first kappa shape index (κ1) is 23.3. The number of hydrogen-bond acceptors (Lipinski definition) is 5. The summed E-state index contributed by atoms with van der Waals surface area (Å²) in [6.07, 6.45) is -0.870. The number of carboxylic acid groups (broad SMARTS) is 1. The SMILES string of the molecule is COC(C)CCNC(=O)C(CC(=O)O)NC(=O)OCC1c2ccccc2-c2ccccc21. The summed E-state index contributed by atoms with van der Waals surface area (Å²) in [5, 5.41) is 14.1. The van der Waals surface area contributed by atoms with Gasteiger partial charge in [-0.2, -0.15) is 0 Å². The standard InChI is InChI=1S/C24H28N2O6/c1-15(31-2)11-12-25-23(29)21(13-22(27)28)26-24(30)32-14-20-18-9-5-3-7-16(18)17-8-4-6-10-19(17)20/h3-10,15,20-21H,11-14H2,1-2H3,(H,25,29)(H,26,30)(H,27,28). The maximum Gasteiger partial charge on any atom is 0.407 e. The van der Waals surface area contributed by atoms with Crippen LogP contribution in [0.1, 0.15) is 36.8 Å². The summed E-state index contributed by atoms with van der Waals surface area (Å²) < 4.78 is 10.5. The molecule has 0 saturated carbocycles. The van der Waals surface area contributed by atoms with Crippen molar-refractivity contribution in [2.24, 2.45) is 0 Å². The van der Waals surface area contributed by atoms with E-state index in [1.54, 1.807) is 7.11 Å².